The quantitative estimate of drug-likeness (QED) is 0.745. The zero-order valence-corrected chi connectivity index (χ0v) is 17.9. The van der Waals surface area contributed by atoms with Crippen LogP contribution in [0.4, 0.5) is 10.5 Å². The van der Waals surface area contributed by atoms with Crippen LogP contribution in [0.2, 0.25) is 0 Å². The standard InChI is InChI=1S/C22H32N4O3/c1-5-16-10-12-22(13-11-16)20(28)26(21(29)23-22)15-19(27)25(4)14-17-6-8-18(9-7-17)24(2)3/h6-9,16H,5,10-15H2,1-4H3,(H,23,29). The molecule has 4 amide bonds. The van der Waals surface area contributed by atoms with Crippen LogP contribution in [0, 0.1) is 5.92 Å². The van der Waals surface area contributed by atoms with E-state index in [-0.39, 0.29) is 18.4 Å². The number of nitrogens with one attached hydrogen (secondary N) is 1. The molecule has 1 saturated heterocycles. The zero-order valence-electron chi connectivity index (χ0n) is 17.9. The number of rotatable bonds is 6. The van der Waals surface area contributed by atoms with Crippen LogP contribution < -0.4 is 10.2 Å². The molecule has 7 nitrogen and oxygen atoms in total. The third-order valence-electron chi connectivity index (χ3n) is 6.37. The summed E-state index contributed by atoms with van der Waals surface area (Å²) in [4.78, 5) is 42.8. The van der Waals surface area contributed by atoms with Crippen molar-refractivity contribution in [1.82, 2.24) is 15.1 Å². The second-order valence-electron chi connectivity index (χ2n) is 8.57. The topological polar surface area (TPSA) is 73.0 Å². The Morgan fingerprint density at radius 3 is 2.31 bits per heavy atom. The molecule has 3 rings (SSSR count). The highest BCUT2D eigenvalue weighted by Crippen LogP contribution is 2.37. The highest BCUT2D eigenvalue weighted by Gasteiger charge is 2.52. The number of nitrogens with zero attached hydrogens (tertiary/aromatic N) is 3. The van der Waals surface area contributed by atoms with Crippen molar-refractivity contribution < 1.29 is 14.4 Å². The molecule has 1 saturated carbocycles. The fourth-order valence-corrected chi connectivity index (χ4v) is 4.25. The van der Waals surface area contributed by atoms with E-state index in [1.54, 1.807) is 11.9 Å². The summed E-state index contributed by atoms with van der Waals surface area (Å²) in [6.45, 7) is 2.38. The molecule has 2 aliphatic rings. The molecule has 1 aliphatic heterocycles. The van der Waals surface area contributed by atoms with Crippen LogP contribution in [-0.2, 0) is 16.1 Å². The molecule has 1 heterocycles. The summed E-state index contributed by atoms with van der Waals surface area (Å²) in [5.74, 6) is 0.129. The van der Waals surface area contributed by atoms with Crippen molar-refractivity contribution in [2.24, 2.45) is 5.92 Å². The van der Waals surface area contributed by atoms with Crippen molar-refractivity contribution in [2.45, 2.75) is 51.1 Å². The van der Waals surface area contributed by atoms with Crippen molar-refractivity contribution in [1.29, 1.82) is 0 Å². The van der Waals surface area contributed by atoms with Gasteiger partial charge in [0.15, 0.2) is 0 Å². The maximum Gasteiger partial charge on any atom is 0.325 e. The molecule has 1 aromatic rings. The lowest BCUT2D eigenvalue weighted by Crippen LogP contribution is -2.50. The lowest BCUT2D eigenvalue weighted by Gasteiger charge is -2.34. The van der Waals surface area contributed by atoms with E-state index in [2.05, 4.69) is 12.2 Å². The summed E-state index contributed by atoms with van der Waals surface area (Å²) in [5, 5.41) is 2.89. The van der Waals surface area contributed by atoms with Crippen LogP contribution in [-0.4, -0.2) is 60.9 Å². The van der Waals surface area contributed by atoms with Crippen molar-refractivity contribution in [3.05, 3.63) is 29.8 Å². The summed E-state index contributed by atoms with van der Waals surface area (Å²) >= 11 is 0. The first-order chi connectivity index (χ1) is 13.8. The normalized spacial score (nSPS) is 24.0. The molecule has 0 unspecified atom stereocenters. The van der Waals surface area contributed by atoms with Crippen LogP contribution in [0.5, 0.6) is 0 Å². The van der Waals surface area contributed by atoms with Crippen LogP contribution in [0.1, 0.15) is 44.6 Å². The van der Waals surface area contributed by atoms with E-state index >= 15 is 0 Å². The molecule has 1 aliphatic carbocycles. The molecule has 158 valence electrons. The molecular weight excluding hydrogens is 368 g/mol. The van der Waals surface area contributed by atoms with Gasteiger partial charge in [-0.25, -0.2) is 4.79 Å². The second-order valence-corrected chi connectivity index (χ2v) is 8.57. The fraction of sp³-hybridized carbons (Fsp3) is 0.591. The van der Waals surface area contributed by atoms with Gasteiger partial charge in [0.25, 0.3) is 5.91 Å². The number of benzene rings is 1. The summed E-state index contributed by atoms with van der Waals surface area (Å²) in [7, 11) is 5.65. The molecule has 1 spiro atoms. The van der Waals surface area contributed by atoms with Gasteiger partial charge in [-0.1, -0.05) is 25.5 Å². The molecule has 29 heavy (non-hydrogen) atoms. The highest BCUT2D eigenvalue weighted by molar-refractivity contribution is 6.09. The summed E-state index contributed by atoms with van der Waals surface area (Å²) < 4.78 is 0. The summed E-state index contributed by atoms with van der Waals surface area (Å²) in [6.07, 6.45) is 4.30. The van der Waals surface area contributed by atoms with Gasteiger partial charge in [0.1, 0.15) is 12.1 Å². The molecule has 7 heteroatoms. The predicted molar refractivity (Wildman–Crippen MR) is 112 cm³/mol. The number of carbonyl (C=O) groups is 3. The number of imide groups is 1. The molecule has 1 aromatic carbocycles. The first kappa shape index (κ1) is 21.1. The molecule has 1 N–H and O–H groups in total. The predicted octanol–water partition coefficient (Wildman–Crippen LogP) is 2.60. The number of carbonyl (C=O) groups excluding carboxylic acids is 3. The van der Waals surface area contributed by atoms with E-state index < -0.39 is 11.6 Å². The van der Waals surface area contributed by atoms with Crippen LogP contribution in [0.15, 0.2) is 24.3 Å². The Balaban J connectivity index is 1.59. The first-order valence-electron chi connectivity index (χ1n) is 10.4. The van der Waals surface area contributed by atoms with Crippen molar-refractivity contribution in [2.75, 3.05) is 32.6 Å². The Morgan fingerprint density at radius 2 is 1.76 bits per heavy atom. The lowest BCUT2D eigenvalue weighted by molar-refractivity contribution is -0.139. The number of urea groups is 1. The van der Waals surface area contributed by atoms with E-state index in [9.17, 15) is 14.4 Å². The van der Waals surface area contributed by atoms with Crippen LogP contribution >= 0.6 is 0 Å². The molecule has 0 aromatic heterocycles. The number of hydrogen-bond acceptors (Lipinski definition) is 4. The van der Waals surface area contributed by atoms with E-state index in [4.69, 9.17) is 0 Å². The van der Waals surface area contributed by atoms with Gasteiger partial charge in [0, 0.05) is 33.4 Å². The smallest absolute Gasteiger partial charge is 0.325 e. The fourth-order valence-electron chi connectivity index (χ4n) is 4.25. The van der Waals surface area contributed by atoms with E-state index in [1.807, 2.05) is 43.3 Å². The van der Waals surface area contributed by atoms with Gasteiger partial charge in [-0.2, -0.15) is 0 Å². The Bertz CT molecular complexity index is 767. The van der Waals surface area contributed by atoms with Crippen LogP contribution in [0.3, 0.4) is 0 Å². The SMILES string of the molecule is CCC1CCC2(CC1)NC(=O)N(CC(=O)N(C)Cc1ccc(N(C)C)cc1)C2=O. The Hall–Kier alpha value is -2.57. The number of amides is 4. The summed E-state index contributed by atoms with van der Waals surface area (Å²) in [5.41, 5.74) is 1.28. The monoisotopic (exact) mass is 400 g/mol. The average molecular weight is 401 g/mol. The Labute approximate surface area is 173 Å². The molecule has 0 atom stereocenters. The minimum atomic E-state index is -0.802. The molecule has 0 radical (unpaired) electrons. The third kappa shape index (κ3) is 4.38. The number of anilines is 1. The van der Waals surface area contributed by atoms with Crippen molar-refractivity contribution in [3.63, 3.8) is 0 Å². The summed E-state index contributed by atoms with van der Waals surface area (Å²) in [6, 6.07) is 7.52. The number of hydrogen-bond donors (Lipinski definition) is 1. The van der Waals surface area contributed by atoms with E-state index in [0.717, 1.165) is 35.4 Å². The maximum absolute atomic E-state index is 13.0. The lowest BCUT2D eigenvalue weighted by atomic mass is 9.75. The maximum atomic E-state index is 13.0. The van der Waals surface area contributed by atoms with Gasteiger partial charge < -0.3 is 15.1 Å². The van der Waals surface area contributed by atoms with E-state index in [0.29, 0.717) is 25.3 Å². The Morgan fingerprint density at radius 1 is 1.14 bits per heavy atom. The van der Waals surface area contributed by atoms with Gasteiger partial charge in [-0.15, -0.1) is 0 Å². The van der Waals surface area contributed by atoms with Gasteiger partial charge in [-0.3, -0.25) is 14.5 Å². The van der Waals surface area contributed by atoms with Crippen molar-refractivity contribution >= 4 is 23.5 Å². The third-order valence-corrected chi connectivity index (χ3v) is 6.37. The molecule has 2 fully saturated rings. The first-order valence-corrected chi connectivity index (χ1v) is 10.4. The Kier molecular flexibility index (Phi) is 6.15. The molecular formula is C22H32N4O3. The largest absolute Gasteiger partial charge is 0.378 e. The van der Waals surface area contributed by atoms with Crippen LogP contribution in [0.25, 0.3) is 0 Å². The zero-order chi connectivity index (χ0) is 21.2. The van der Waals surface area contributed by atoms with E-state index in [1.165, 1.54) is 0 Å². The van der Waals surface area contributed by atoms with Gasteiger partial charge in [0.05, 0.1) is 0 Å². The average Bonchev–Trinajstić information content (AvgIpc) is 2.93. The minimum absolute atomic E-state index is 0.212. The van der Waals surface area contributed by atoms with Crippen molar-refractivity contribution in [3.8, 4) is 0 Å². The number of likely N-dealkylation sites (N-methyl/N-ethyl adjacent to an activating group) is 1. The molecule has 0 bridgehead atoms. The minimum Gasteiger partial charge on any atom is -0.378 e. The highest BCUT2D eigenvalue weighted by atomic mass is 16.2. The van der Waals surface area contributed by atoms with Gasteiger partial charge in [-0.05, 0) is 49.3 Å². The van der Waals surface area contributed by atoms with Gasteiger partial charge in [0.2, 0.25) is 5.91 Å². The second kappa shape index (κ2) is 8.43. The van der Waals surface area contributed by atoms with Gasteiger partial charge >= 0.3 is 6.03 Å².